The van der Waals surface area contributed by atoms with Crippen LogP contribution >= 0.6 is 0 Å². The number of carbonyl (C=O) groups excluding carboxylic acids is 2. The molecule has 0 N–H and O–H groups in total. The third-order valence-electron chi connectivity index (χ3n) is 3.60. The summed E-state index contributed by atoms with van der Waals surface area (Å²) in [7, 11) is 3.01. The standard InChI is InChI=1S/C20H24N2O5/c1-20(2,3)27-19(24)22(12-15-8-6-7-9-16(15)25-4)18-17(26-5)10-14(13-23)11-21-18/h6-11,13H,12H2,1-5H3. The lowest BCUT2D eigenvalue weighted by molar-refractivity contribution is 0.0575. The van der Waals surface area contributed by atoms with Crippen molar-refractivity contribution < 1.29 is 23.8 Å². The molecule has 0 fully saturated rings. The minimum atomic E-state index is -0.688. The highest BCUT2D eigenvalue weighted by Crippen LogP contribution is 2.30. The van der Waals surface area contributed by atoms with Gasteiger partial charge in [-0.2, -0.15) is 0 Å². The van der Waals surface area contributed by atoms with Gasteiger partial charge in [0, 0.05) is 17.3 Å². The summed E-state index contributed by atoms with van der Waals surface area (Å²) in [6, 6.07) is 8.88. The van der Waals surface area contributed by atoms with Gasteiger partial charge in [0.15, 0.2) is 17.9 Å². The highest BCUT2D eigenvalue weighted by molar-refractivity contribution is 5.89. The largest absolute Gasteiger partial charge is 0.496 e. The first-order valence-electron chi connectivity index (χ1n) is 8.40. The zero-order valence-corrected chi connectivity index (χ0v) is 16.2. The number of ether oxygens (including phenoxy) is 3. The molecule has 0 aliphatic heterocycles. The molecule has 7 nitrogen and oxygen atoms in total. The summed E-state index contributed by atoms with van der Waals surface area (Å²) < 4.78 is 16.3. The SMILES string of the molecule is COc1ccccc1CN(C(=O)OC(C)(C)C)c1ncc(C=O)cc1OC. The maximum Gasteiger partial charge on any atom is 0.416 e. The monoisotopic (exact) mass is 372 g/mol. The first kappa shape index (κ1) is 20.2. The van der Waals surface area contributed by atoms with Crippen molar-refractivity contribution in [3.8, 4) is 11.5 Å². The van der Waals surface area contributed by atoms with Crippen LogP contribution in [0.3, 0.4) is 0 Å². The van der Waals surface area contributed by atoms with Crippen molar-refractivity contribution in [2.45, 2.75) is 32.9 Å². The summed E-state index contributed by atoms with van der Waals surface area (Å²) in [4.78, 5) is 29.5. The van der Waals surface area contributed by atoms with Gasteiger partial charge in [-0.1, -0.05) is 18.2 Å². The predicted molar refractivity (Wildman–Crippen MR) is 102 cm³/mol. The lowest BCUT2D eigenvalue weighted by atomic mass is 10.1. The molecule has 1 heterocycles. The Morgan fingerprint density at radius 2 is 1.81 bits per heavy atom. The van der Waals surface area contributed by atoms with Crippen LogP contribution in [-0.4, -0.2) is 37.2 Å². The number of aromatic nitrogens is 1. The van der Waals surface area contributed by atoms with Gasteiger partial charge in [-0.05, 0) is 32.9 Å². The van der Waals surface area contributed by atoms with E-state index >= 15 is 0 Å². The number of anilines is 1. The van der Waals surface area contributed by atoms with Crippen molar-refractivity contribution in [3.63, 3.8) is 0 Å². The van der Waals surface area contributed by atoms with Crippen LogP contribution in [0.4, 0.5) is 10.6 Å². The van der Waals surface area contributed by atoms with Crippen LogP contribution in [0.1, 0.15) is 36.7 Å². The van der Waals surface area contributed by atoms with Crippen molar-refractivity contribution in [2.24, 2.45) is 0 Å². The molecule has 1 aromatic heterocycles. The van der Waals surface area contributed by atoms with Crippen LogP contribution < -0.4 is 14.4 Å². The Balaban J connectivity index is 2.50. The van der Waals surface area contributed by atoms with E-state index in [2.05, 4.69) is 4.98 Å². The molecule has 0 aliphatic rings. The topological polar surface area (TPSA) is 78.0 Å². The summed E-state index contributed by atoms with van der Waals surface area (Å²) >= 11 is 0. The third kappa shape index (κ3) is 5.20. The summed E-state index contributed by atoms with van der Waals surface area (Å²) in [5, 5.41) is 0. The number of pyridine rings is 1. The first-order valence-corrected chi connectivity index (χ1v) is 8.40. The van der Waals surface area contributed by atoms with E-state index in [1.807, 2.05) is 24.3 Å². The second-order valence-corrected chi connectivity index (χ2v) is 6.79. The lowest BCUT2D eigenvalue weighted by Gasteiger charge is -2.28. The molecule has 0 spiro atoms. The average molecular weight is 372 g/mol. The van der Waals surface area contributed by atoms with Crippen molar-refractivity contribution in [3.05, 3.63) is 47.7 Å². The molecule has 1 aromatic carbocycles. The summed E-state index contributed by atoms with van der Waals surface area (Å²) in [5.41, 5.74) is 0.428. The highest BCUT2D eigenvalue weighted by Gasteiger charge is 2.28. The van der Waals surface area contributed by atoms with Crippen molar-refractivity contribution in [1.29, 1.82) is 0 Å². The molecule has 7 heteroatoms. The lowest BCUT2D eigenvalue weighted by Crippen LogP contribution is -2.37. The Morgan fingerprint density at radius 3 is 2.41 bits per heavy atom. The van der Waals surface area contributed by atoms with E-state index in [1.165, 1.54) is 24.3 Å². The molecular formula is C20H24N2O5. The van der Waals surface area contributed by atoms with E-state index < -0.39 is 11.7 Å². The second-order valence-electron chi connectivity index (χ2n) is 6.79. The van der Waals surface area contributed by atoms with Crippen LogP contribution in [-0.2, 0) is 11.3 Å². The fraction of sp³-hybridized carbons (Fsp3) is 0.350. The maximum absolute atomic E-state index is 12.9. The molecule has 0 bridgehead atoms. The molecule has 0 aliphatic carbocycles. The van der Waals surface area contributed by atoms with E-state index in [0.717, 1.165) is 5.56 Å². The number of carbonyl (C=O) groups is 2. The van der Waals surface area contributed by atoms with Gasteiger partial charge in [0.1, 0.15) is 11.4 Å². The van der Waals surface area contributed by atoms with Gasteiger partial charge in [0.25, 0.3) is 0 Å². The molecule has 27 heavy (non-hydrogen) atoms. The van der Waals surface area contributed by atoms with Crippen molar-refractivity contribution in [2.75, 3.05) is 19.1 Å². The molecule has 2 aromatic rings. The number of benzene rings is 1. The Hall–Kier alpha value is -3.09. The quantitative estimate of drug-likeness (QED) is 0.717. The van der Waals surface area contributed by atoms with E-state index in [9.17, 15) is 9.59 Å². The van der Waals surface area contributed by atoms with Gasteiger partial charge in [-0.3, -0.25) is 9.69 Å². The Kier molecular flexibility index (Phi) is 6.39. The molecule has 0 atom stereocenters. The van der Waals surface area contributed by atoms with Crippen LogP contribution in [0, 0.1) is 0 Å². The van der Waals surface area contributed by atoms with Gasteiger partial charge in [-0.25, -0.2) is 9.78 Å². The van der Waals surface area contributed by atoms with E-state index in [-0.39, 0.29) is 12.4 Å². The molecular weight excluding hydrogens is 348 g/mol. The van der Waals surface area contributed by atoms with E-state index in [4.69, 9.17) is 14.2 Å². The molecule has 2 rings (SSSR count). The fourth-order valence-electron chi connectivity index (χ4n) is 2.42. The van der Waals surface area contributed by atoms with Crippen LogP contribution in [0.25, 0.3) is 0 Å². The van der Waals surface area contributed by atoms with Crippen LogP contribution in [0.2, 0.25) is 0 Å². The number of para-hydroxylation sites is 1. The minimum absolute atomic E-state index is 0.155. The van der Waals surface area contributed by atoms with Gasteiger partial charge in [0.05, 0.1) is 20.8 Å². The Labute approximate surface area is 158 Å². The number of hydrogen-bond donors (Lipinski definition) is 0. The Bertz CT molecular complexity index is 814. The van der Waals surface area contributed by atoms with Crippen molar-refractivity contribution >= 4 is 18.2 Å². The number of aldehydes is 1. The third-order valence-corrected chi connectivity index (χ3v) is 3.60. The second kappa shape index (κ2) is 8.53. The molecule has 1 amide bonds. The average Bonchev–Trinajstić information content (AvgIpc) is 2.64. The maximum atomic E-state index is 12.9. The molecule has 0 radical (unpaired) electrons. The highest BCUT2D eigenvalue weighted by atomic mass is 16.6. The number of methoxy groups -OCH3 is 2. The van der Waals surface area contributed by atoms with Crippen LogP contribution in [0.5, 0.6) is 11.5 Å². The van der Waals surface area contributed by atoms with Gasteiger partial charge in [-0.15, -0.1) is 0 Å². The van der Waals surface area contributed by atoms with Gasteiger partial charge in [0.2, 0.25) is 0 Å². The summed E-state index contributed by atoms with van der Waals surface area (Å²) in [6.45, 7) is 5.51. The van der Waals surface area contributed by atoms with E-state index in [1.54, 1.807) is 27.9 Å². The van der Waals surface area contributed by atoms with Gasteiger partial charge >= 0.3 is 6.09 Å². The summed E-state index contributed by atoms with van der Waals surface area (Å²) in [6.07, 6.45) is 1.46. The van der Waals surface area contributed by atoms with Gasteiger partial charge < -0.3 is 14.2 Å². The normalized spacial score (nSPS) is 10.9. The molecule has 0 saturated carbocycles. The minimum Gasteiger partial charge on any atom is -0.496 e. The smallest absolute Gasteiger partial charge is 0.416 e. The number of nitrogens with zero attached hydrogens (tertiary/aromatic N) is 2. The first-order chi connectivity index (χ1) is 12.8. The number of hydrogen-bond acceptors (Lipinski definition) is 6. The summed E-state index contributed by atoms with van der Waals surface area (Å²) in [5.74, 6) is 1.18. The zero-order valence-electron chi connectivity index (χ0n) is 16.2. The van der Waals surface area contributed by atoms with E-state index in [0.29, 0.717) is 23.3 Å². The van der Waals surface area contributed by atoms with Crippen molar-refractivity contribution in [1.82, 2.24) is 4.98 Å². The fourth-order valence-corrected chi connectivity index (χ4v) is 2.42. The molecule has 0 unspecified atom stereocenters. The number of amides is 1. The molecule has 0 saturated heterocycles. The molecule has 144 valence electrons. The predicted octanol–water partition coefficient (Wildman–Crippen LogP) is 3.85. The van der Waals surface area contributed by atoms with Crippen LogP contribution in [0.15, 0.2) is 36.5 Å². The zero-order chi connectivity index (χ0) is 20.0. The Morgan fingerprint density at radius 1 is 1.15 bits per heavy atom. The number of rotatable bonds is 6.